The number of fused-ring (bicyclic) bond motifs is 2. The van der Waals surface area contributed by atoms with Gasteiger partial charge >= 0.3 is 0 Å². The monoisotopic (exact) mass is 551 g/mol. The maximum absolute atomic E-state index is 13.4. The first kappa shape index (κ1) is 26.9. The van der Waals surface area contributed by atoms with Crippen LogP contribution in [0.25, 0.3) is 22.2 Å². The van der Waals surface area contributed by atoms with E-state index < -0.39 is 16.9 Å². The first-order chi connectivity index (χ1) is 19.5. The number of hydrogen-bond acceptors (Lipinski definition) is 7. The summed E-state index contributed by atoms with van der Waals surface area (Å²) in [4.78, 5) is 35.2. The average molecular weight is 552 g/mol. The molecule has 0 spiro atoms. The van der Waals surface area contributed by atoms with E-state index in [1.165, 1.54) is 0 Å². The highest BCUT2D eigenvalue weighted by atomic mass is 16.5. The van der Waals surface area contributed by atoms with Gasteiger partial charge in [0.2, 0.25) is 5.91 Å². The predicted octanol–water partition coefficient (Wildman–Crippen LogP) is 5.15. The highest BCUT2D eigenvalue weighted by molar-refractivity contribution is 6.01. The van der Waals surface area contributed by atoms with E-state index in [9.17, 15) is 14.7 Å². The summed E-state index contributed by atoms with van der Waals surface area (Å²) in [5, 5.41) is 12.5. The molecule has 2 aromatic carbocycles. The van der Waals surface area contributed by atoms with Gasteiger partial charge in [-0.2, -0.15) is 0 Å². The molecule has 1 amide bonds. The second-order valence-corrected chi connectivity index (χ2v) is 11.6. The Labute approximate surface area is 238 Å². The first-order valence-electron chi connectivity index (χ1n) is 13.9. The SMILES string of the molecule is Cc1ccc(-c2nc([C@@](C)(O)CCC(=O)c3cc(OC4CC4)c4ncccc4c3)cc3c2OC[C@]3(C)C(N)=O)cc1. The largest absolute Gasteiger partial charge is 0.489 e. The predicted molar refractivity (Wildman–Crippen MR) is 155 cm³/mol. The molecule has 0 unspecified atom stereocenters. The summed E-state index contributed by atoms with van der Waals surface area (Å²) in [5.74, 6) is 0.447. The summed E-state index contributed by atoms with van der Waals surface area (Å²) in [7, 11) is 0. The number of ether oxygens (including phenoxy) is 2. The van der Waals surface area contributed by atoms with Crippen LogP contribution in [0.4, 0.5) is 0 Å². The Hall–Kier alpha value is -4.30. The number of benzene rings is 2. The molecule has 210 valence electrons. The van der Waals surface area contributed by atoms with Gasteiger partial charge in [-0.3, -0.25) is 14.6 Å². The quantitative estimate of drug-likeness (QED) is 0.276. The topological polar surface area (TPSA) is 125 Å². The number of carbonyl (C=O) groups is 2. The molecule has 0 bridgehead atoms. The maximum Gasteiger partial charge on any atom is 0.231 e. The van der Waals surface area contributed by atoms with Gasteiger partial charge in [-0.05, 0) is 64.3 Å². The molecule has 1 aliphatic heterocycles. The van der Waals surface area contributed by atoms with Crippen molar-refractivity contribution >= 4 is 22.6 Å². The molecule has 0 radical (unpaired) electrons. The van der Waals surface area contributed by atoms with E-state index in [4.69, 9.17) is 20.2 Å². The lowest BCUT2D eigenvalue weighted by molar-refractivity contribution is -0.123. The second kappa shape index (κ2) is 9.96. The molecule has 4 aromatic rings. The van der Waals surface area contributed by atoms with Crippen molar-refractivity contribution in [3.05, 3.63) is 83.2 Å². The molecular formula is C33H33N3O5. The summed E-state index contributed by atoms with van der Waals surface area (Å²) in [5.41, 5.74) is 7.83. The van der Waals surface area contributed by atoms with Crippen LogP contribution in [0.1, 0.15) is 66.7 Å². The lowest BCUT2D eigenvalue weighted by atomic mass is 9.81. The third-order valence-corrected chi connectivity index (χ3v) is 8.14. The fourth-order valence-electron chi connectivity index (χ4n) is 5.17. The van der Waals surface area contributed by atoms with Gasteiger partial charge in [0.15, 0.2) is 5.78 Å². The normalized spacial score (nSPS) is 19.3. The zero-order valence-electron chi connectivity index (χ0n) is 23.4. The van der Waals surface area contributed by atoms with E-state index in [0.717, 1.165) is 34.9 Å². The van der Waals surface area contributed by atoms with Crippen molar-refractivity contribution in [3.63, 3.8) is 0 Å². The number of aryl methyl sites for hydroxylation is 1. The van der Waals surface area contributed by atoms with Gasteiger partial charge in [0.05, 0.1) is 11.8 Å². The van der Waals surface area contributed by atoms with E-state index in [0.29, 0.717) is 34.0 Å². The van der Waals surface area contributed by atoms with Crippen LogP contribution in [-0.4, -0.2) is 39.5 Å². The van der Waals surface area contributed by atoms with Crippen LogP contribution < -0.4 is 15.2 Å². The number of nitrogens with two attached hydrogens (primary N) is 1. The number of rotatable bonds is 9. The number of aromatic nitrogens is 2. The van der Waals surface area contributed by atoms with Crippen molar-refractivity contribution < 1.29 is 24.2 Å². The van der Waals surface area contributed by atoms with Crippen LogP contribution in [-0.2, 0) is 15.8 Å². The van der Waals surface area contributed by atoms with Crippen molar-refractivity contribution in [3.8, 4) is 22.8 Å². The number of nitrogens with zero attached hydrogens (tertiary/aromatic N) is 2. The van der Waals surface area contributed by atoms with E-state index in [2.05, 4.69) is 4.98 Å². The summed E-state index contributed by atoms with van der Waals surface area (Å²) in [6, 6.07) is 16.8. The number of pyridine rings is 2. The number of carbonyl (C=O) groups excluding carboxylic acids is 2. The van der Waals surface area contributed by atoms with Crippen molar-refractivity contribution in [1.29, 1.82) is 0 Å². The van der Waals surface area contributed by atoms with Crippen LogP contribution in [0.3, 0.4) is 0 Å². The number of ketones is 1. The van der Waals surface area contributed by atoms with E-state index in [-0.39, 0.29) is 31.3 Å². The molecular weight excluding hydrogens is 518 g/mol. The minimum Gasteiger partial charge on any atom is -0.489 e. The molecule has 41 heavy (non-hydrogen) atoms. The van der Waals surface area contributed by atoms with Crippen molar-refractivity contribution in [2.45, 2.75) is 63.6 Å². The van der Waals surface area contributed by atoms with Gasteiger partial charge in [-0.1, -0.05) is 35.9 Å². The van der Waals surface area contributed by atoms with E-state index in [1.807, 2.05) is 49.4 Å². The molecule has 1 aliphatic carbocycles. The van der Waals surface area contributed by atoms with Crippen molar-refractivity contribution in [1.82, 2.24) is 9.97 Å². The van der Waals surface area contributed by atoms with Crippen LogP contribution >= 0.6 is 0 Å². The van der Waals surface area contributed by atoms with Gasteiger partial charge in [0.25, 0.3) is 0 Å². The fourth-order valence-corrected chi connectivity index (χ4v) is 5.17. The summed E-state index contributed by atoms with van der Waals surface area (Å²) in [6.45, 7) is 5.45. The fraction of sp³-hybridized carbons (Fsp3) is 0.333. The Bertz CT molecular complexity index is 1680. The number of aliphatic hydroxyl groups is 1. The van der Waals surface area contributed by atoms with E-state index in [1.54, 1.807) is 32.2 Å². The Morgan fingerprint density at radius 1 is 1.17 bits per heavy atom. The number of amides is 1. The van der Waals surface area contributed by atoms with Crippen LogP contribution in [0, 0.1) is 6.92 Å². The molecule has 0 saturated heterocycles. The number of hydrogen-bond donors (Lipinski definition) is 2. The minimum atomic E-state index is -1.48. The molecule has 3 N–H and O–H groups in total. The van der Waals surface area contributed by atoms with Gasteiger partial charge in [-0.15, -0.1) is 0 Å². The molecule has 8 heteroatoms. The molecule has 3 heterocycles. The highest BCUT2D eigenvalue weighted by Crippen LogP contribution is 2.46. The molecule has 2 aliphatic rings. The van der Waals surface area contributed by atoms with Crippen molar-refractivity contribution in [2.75, 3.05) is 6.61 Å². The molecule has 1 saturated carbocycles. The Balaban J connectivity index is 1.32. The lowest BCUT2D eigenvalue weighted by Crippen LogP contribution is -2.40. The summed E-state index contributed by atoms with van der Waals surface area (Å²) in [6.07, 6.45) is 4.05. The van der Waals surface area contributed by atoms with Gasteiger partial charge in [0, 0.05) is 34.7 Å². The molecule has 1 fully saturated rings. The lowest BCUT2D eigenvalue weighted by Gasteiger charge is -2.26. The smallest absolute Gasteiger partial charge is 0.231 e. The standard InChI is InChI=1S/C33H33N3O5/c1-19-6-8-20(9-7-19)29-30-24(32(2,18-40-30)31(34)38)17-27(36-29)33(3,39)13-12-25(37)22-15-21-5-4-14-35-28(21)26(16-22)41-23-10-11-23/h4-9,14-17,23,39H,10-13,18H2,1-3H3,(H2,34,38)/t32-,33-/m0/s1. The van der Waals surface area contributed by atoms with Crippen LogP contribution in [0.15, 0.2) is 60.8 Å². The van der Waals surface area contributed by atoms with Crippen LogP contribution in [0.2, 0.25) is 0 Å². The third-order valence-electron chi connectivity index (χ3n) is 8.14. The molecule has 8 nitrogen and oxygen atoms in total. The maximum atomic E-state index is 13.4. The highest BCUT2D eigenvalue weighted by Gasteiger charge is 2.45. The summed E-state index contributed by atoms with van der Waals surface area (Å²) >= 11 is 0. The first-order valence-corrected chi connectivity index (χ1v) is 13.9. The zero-order valence-corrected chi connectivity index (χ0v) is 23.4. The zero-order chi connectivity index (χ0) is 28.9. The van der Waals surface area contributed by atoms with Crippen LogP contribution in [0.5, 0.6) is 11.5 Å². The average Bonchev–Trinajstić information content (AvgIpc) is 3.71. The summed E-state index contributed by atoms with van der Waals surface area (Å²) < 4.78 is 12.0. The third kappa shape index (κ3) is 5.04. The Morgan fingerprint density at radius 3 is 2.63 bits per heavy atom. The van der Waals surface area contributed by atoms with Gasteiger partial charge < -0.3 is 20.3 Å². The number of primary amides is 1. The second-order valence-electron chi connectivity index (χ2n) is 11.6. The number of Topliss-reactive ketones (excluding diaryl/α,β-unsaturated/α-hetero) is 1. The Kier molecular flexibility index (Phi) is 6.53. The van der Waals surface area contributed by atoms with Gasteiger partial charge in [-0.25, -0.2) is 4.98 Å². The van der Waals surface area contributed by atoms with Crippen molar-refractivity contribution in [2.24, 2.45) is 5.73 Å². The van der Waals surface area contributed by atoms with E-state index >= 15 is 0 Å². The van der Waals surface area contributed by atoms with Gasteiger partial charge in [0.1, 0.15) is 40.3 Å². The minimum absolute atomic E-state index is 0.0733. The Morgan fingerprint density at radius 2 is 1.93 bits per heavy atom. The molecule has 2 atom stereocenters. The molecule has 6 rings (SSSR count). The molecule has 2 aromatic heterocycles.